The van der Waals surface area contributed by atoms with Crippen molar-refractivity contribution in [3.05, 3.63) is 18.2 Å². The predicted molar refractivity (Wildman–Crippen MR) is 81.2 cm³/mol. The van der Waals surface area contributed by atoms with Gasteiger partial charge in [-0.1, -0.05) is 0 Å². The van der Waals surface area contributed by atoms with Crippen LogP contribution in [-0.4, -0.2) is 53.8 Å². The van der Waals surface area contributed by atoms with Gasteiger partial charge in [0.2, 0.25) is 0 Å². The maximum absolute atomic E-state index is 5.46. The summed E-state index contributed by atoms with van der Waals surface area (Å²) in [6.07, 6.45) is 6.35. The molecule has 0 bridgehead atoms. The molecule has 2 fully saturated rings. The highest BCUT2D eigenvalue weighted by molar-refractivity contribution is 5.85. The maximum Gasteiger partial charge on any atom is 0.127 e. The van der Waals surface area contributed by atoms with Gasteiger partial charge in [-0.3, -0.25) is 4.90 Å². The lowest BCUT2D eigenvalue weighted by atomic mass is 9.98. The fourth-order valence-corrected chi connectivity index (χ4v) is 3.18. The van der Waals surface area contributed by atoms with Gasteiger partial charge in [-0.05, 0) is 18.8 Å². The zero-order valence-corrected chi connectivity index (χ0v) is 12.9. The van der Waals surface area contributed by atoms with Gasteiger partial charge >= 0.3 is 0 Å². The maximum atomic E-state index is 5.46. The van der Waals surface area contributed by atoms with Crippen LogP contribution in [-0.2, 0) is 11.8 Å². The van der Waals surface area contributed by atoms with E-state index in [1.54, 1.807) is 0 Å². The molecule has 0 spiro atoms. The number of halogens is 1. The molecule has 0 radical (unpaired) electrons. The van der Waals surface area contributed by atoms with E-state index in [0.29, 0.717) is 6.04 Å². The monoisotopic (exact) mass is 300 g/mol. The van der Waals surface area contributed by atoms with Crippen molar-refractivity contribution < 1.29 is 4.74 Å². The molecular formula is C14H25ClN4O. The van der Waals surface area contributed by atoms with Crippen LogP contribution in [0.2, 0.25) is 0 Å². The van der Waals surface area contributed by atoms with Gasteiger partial charge in [0.1, 0.15) is 5.82 Å². The van der Waals surface area contributed by atoms with E-state index in [9.17, 15) is 0 Å². The molecule has 114 valence electrons. The lowest BCUT2D eigenvalue weighted by molar-refractivity contribution is 0.0394. The van der Waals surface area contributed by atoms with E-state index in [2.05, 4.69) is 26.8 Å². The number of hydrogen-bond donors (Lipinski definition) is 1. The Morgan fingerprint density at radius 3 is 2.90 bits per heavy atom. The van der Waals surface area contributed by atoms with Gasteiger partial charge in [0.15, 0.2) is 0 Å². The molecule has 1 aromatic rings. The summed E-state index contributed by atoms with van der Waals surface area (Å²) in [6, 6.07) is 0.414. The normalized spacial score (nSPS) is 25.4. The Morgan fingerprint density at radius 1 is 1.40 bits per heavy atom. The van der Waals surface area contributed by atoms with Crippen LogP contribution in [0.25, 0.3) is 0 Å². The average Bonchev–Trinajstić information content (AvgIpc) is 2.87. The van der Waals surface area contributed by atoms with Crippen molar-refractivity contribution in [3.63, 3.8) is 0 Å². The van der Waals surface area contributed by atoms with E-state index in [4.69, 9.17) is 4.74 Å². The van der Waals surface area contributed by atoms with Crippen LogP contribution in [0.5, 0.6) is 0 Å². The minimum absolute atomic E-state index is 0. The Kier molecular flexibility index (Phi) is 5.84. The van der Waals surface area contributed by atoms with Crippen LogP contribution in [0.3, 0.4) is 0 Å². The molecule has 2 aliphatic heterocycles. The van der Waals surface area contributed by atoms with E-state index >= 15 is 0 Å². The molecule has 0 aromatic carbocycles. The third-order valence-corrected chi connectivity index (χ3v) is 4.34. The predicted octanol–water partition coefficient (Wildman–Crippen LogP) is 1.21. The van der Waals surface area contributed by atoms with Crippen LogP contribution in [0.4, 0.5) is 0 Å². The van der Waals surface area contributed by atoms with Gasteiger partial charge in [-0.2, -0.15) is 0 Å². The minimum Gasteiger partial charge on any atom is -0.381 e. The number of piperazine rings is 1. The highest BCUT2D eigenvalue weighted by Crippen LogP contribution is 2.24. The number of ether oxygens (including phenoxy) is 1. The Hall–Kier alpha value is -0.620. The van der Waals surface area contributed by atoms with Gasteiger partial charge in [0, 0.05) is 58.8 Å². The van der Waals surface area contributed by atoms with Gasteiger partial charge in [0.25, 0.3) is 0 Å². The topological polar surface area (TPSA) is 42.3 Å². The fourth-order valence-electron chi connectivity index (χ4n) is 3.18. The van der Waals surface area contributed by atoms with Crippen LogP contribution >= 0.6 is 12.4 Å². The Bertz CT molecular complexity index is 406. The molecular weight excluding hydrogens is 276 g/mol. The molecule has 0 saturated carbocycles. The van der Waals surface area contributed by atoms with Crippen molar-refractivity contribution in [2.24, 2.45) is 13.0 Å². The minimum atomic E-state index is 0. The largest absolute Gasteiger partial charge is 0.381 e. The van der Waals surface area contributed by atoms with E-state index in [1.807, 2.05) is 12.4 Å². The first-order chi connectivity index (χ1) is 9.34. The first kappa shape index (κ1) is 15.8. The second kappa shape index (κ2) is 7.41. The summed E-state index contributed by atoms with van der Waals surface area (Å²) in [7, 11) is 2.09. The molecule has 6 heteroatoms. The second-order valence-corrected chi connectivity index (χ2v) is 5.67. The van der Waals surface area contributed by atoms with E-state index in [1.165, 1.54) is 25.2 Å². The summed E-state index contributed by atoms with van der Waals surface area (Å²) >= 11 is 0. The zero-order valence-electron chi connectivity index (χ0n) is 12.1. The molecule has 2 aliphatic rings. The van der Waals surface area contributed by atoms with Crippen molar-refractivity contribution in [2.75, 3.05) is 39.4 Å². The summed E-state index contributed by atoms with van der Waals surface area (Å²) in [6.45, 7) is 6.27. The molecule has 3 heterocycles. The van der Waals surface area contributed by atoms with Crippen LogP contribution < -0.4 is 5.32 Å². The summed E-state index contributed by atoms with van der Waals surface area (Å²) < 4.78 is 7.61. The Balaban J connectivity index is 0.00000147. The summed E-state index contributed by atoms with van der Waals surface area (Å²) in [4.78, 5) is 7.15. The molecule has 0 aliphatic carbocycles. The number of hydrogen-bond acceptors (Lipinski definition) is 4. The third kappa shape index (κ3) is 3.52. The summed E-state index contributed by atoms with van der Waals surface area (Å²) in [5.74, 6) is 1.97. The number of rotatable bonds is 3. The lowest BCUT2D eigenvalue weighted by Gasteiger charge is -2.38. The summed E-state index contributed by atoms with van der Waals surface area (Å²) in [5.41, 5.74) is 0. The third-order valence-electron chi connectivity index (χ3n) is 4.34. The lowest BCUT2D eigenvalue weighted by Crippen LogP contribution is -2.48. The standard InChI is InChI=1S/C14H24N4O.ClH/c1-17-6-5-16-14(17)13-10-15-4-7-18(13)11-12-2-8-19-9-3-12;/h5-6,12-13,15H,2-4,7-11H2,1H3;1H. The molecule has 5 nitrogen and oxygen atoms in total. The molecule has 1 aromatic heterocycles. The molecule has 3 rings (SSSR count). The number of nitrogens with one attached hydrogen (secondary N) is 1. The van der Waals surface area contributed by atoms with Crippen LogP contribution in [0.15, 0.2) is 12.4 Å². The van der Waals surface area contributed by atoms with E-state index < -0.39 is 0 Å². The van der Waals surface area contributed by atoms with E-state index in [-0.39, 0.29) is 12.4 Å². The SMILES string of the molecule is Cl.Cn1ccnc1C1CNCCN1CC1CCOCC1. The van der Waals surface area contributed by atoms with Gasteiger partial charge < -0.3 is 14.6 Å². The van der Waals surface area contributed by atoms with Crippen LogP contribution in [0, 0.1) is 5.92 Å². The molecule has 20 heavy (non-hydrogen) atoms. The molecule has 1 N–H and O–H groups in total. The van der Waals surface area contributed by atoms with Gasteiger partial charge in [-0.25, -0.2) is 4.98 Å². The van der Waals surface area contributed by atoms with Crippen molar-refractivity contribution in [3.8, 4) is 0 Å². The number of nitrogens with zero attached hydrogens (tertiary/aromatic N) is 3. The summed E-state index contributed by atoms with van der Waals surface area (Å²) in [5, 5.41) is 3.50. The second-order valence-electron chi connectivity index (χ2n) is 5.67. The fraction of sp³-hybridized carbons (Fsp3) is 0.786. The van der Waals surface area contributed by atoms with E-state index in [0.717, 1.165) is 38.8 Å². The van der Waals surface area contributed by atoms with Crippen molar-refractivity contribution in [1.82, 2.24) is 19.8 Å². The first-order valence-corrected chi connectivity index (χ1v) is 7.34. The van der Waals surface area contributed by atoms with Gasteiger partial charge in [-0.15, -0.1) is 12.4 Å². The molecule has 1 atom stereocenters. The quantitative estimate of drug-likeness (QED) is 0.911. The first-order valence-electron chi connectivity index (χ1n) is 7.34. The van der Waals surface area contributed by atoms with Crippen molar-refractivity contribution >= 4 is 12.4 Å². The Morgan fingerprint density at radius 2 is 2.20 bits per heavy atom. The van der Waals surface area contributed by atoms with Crippen LogP contribution in [0.1, 0.15) is 24.7 Å². The molecule has 0 amide bonds. The molecule has 2 saturated heterocycles. The Labute approximate surface area is 127 Å². The molecule has 1 unspecified atom stereocenters. The van der Waals surface area contributed by atoms with Gasteiger partial charge in [0.05, 0.1) is 6.04 Å². The number of aryl methyl sites for hydroxylation is 1. The zero-order chi connectivity index (χ0) is 13.1. The van der Waals surface area contributed by atoms with Crippen molar-refractivity contribution in [1.29, 1.82) is 0 Å². The number of imidazole rings is 1. The average molecular weight is 301 g/mol. The van der Waals surface area contributed by atoms with Crippen molar-refractivity contribution in [2.45, 2.75) is 18.9 Å². The highest BCUT2D eigenvalue weighted by atomic mass is 35.5. The highest BCUT2D eigenvalue weighted by Gasteiger charge is 2.29. The smallest absolute Gasteiger partial charge is 0.127 e. The number of aromatic nitrogens is 2.